The van der Waals surface area contributed by atoms with Gasteiger partial charge in [-0.15, -0.1) is 0 Å². The fraction of sp³-hybridized carbons (Fsp3) is 0.385. The van der Waals surface area contributed by atoms with Gasteiger partial charge in [-0.25, -0.2) is 5.01 Å². The van der Waals surface area contributed by atoms with Gasteiger partial charge in [0, 0.05) is 24.2 Å². The summed E-state index contributed by atoms with van der Waals surface area (Å²) in [5.74, 6) is -0.143. The molecule has 1 N–H and O–H groups in total. The Labute approximate surface area is 101 Å². The van der Waals surface area contributed by atoms with Crippen LogP contribution in [-0.4, -0.2) is 30.3 Å². The van der Waals surface area contributed by atoms with Crippen LogP contribution in [0.15, 0.2) is 24.3 Å². The van der Waals surface area contributed by atoms with Gasteiger partial charge in [-0.3, -0.25) is 15.0 Å². The number of aldehydes is 1. The van der Waals surface area contributed by atoms with Gasteiger partial charge in [0.25, 0.3) is 5.91 Å². The summed E-state index contributed by atoms with van der Waals surface area (Å²) in [4.78, 5) is 22.5. The van der Waals surface area contributed by atoms with Crippen LogP contribution in [0.25, 0.3) is 0 Å². The highest BCUT2D eigenvalue weighted by Gasteiger charge is 2.13. The molecule has 0 unspecified atom stereocenters. The predicted octanol–water partition coefficient (Wildman–Crippen LogP) is 1.63. The molecule has 0 bridgehead atoms. The third-order valence-electron chi connectivity index (χ3n) is 2.90. The maximum absolute atomic E-state index is 11.9. The van der Waals surface area contributed by atoms with E-state index in [-0.39, 0.29) is 5.91 Å². The standard InChI is InChI=1S/C13H16N2O2/c16-10-11-5-4-6-12(9-11)13(17)14-15-7-2-1-3-8-15/h4-6,9-10H,1-3,7-8H2,(H,14,17). The van der Waals surface area contributed by atoms with Crippen molar-refractivity contribution in [1.29, 1.82) is 0 Å². The number of rotatable bonds is 3. The van der Waals surface area contributed by atoms with Crippen LogP contribution in [-0.2, 0) is 0 Å². The summed E-state index contributed by atoms with van der Waals surface area (Å²) in [6.45, 7) is 1.80. The molecule has 0 saturated carbocycles. The molecule has 0 aromatic heterocycles. The van der Waals surface area contributed by atoms with Crippen molar-refractivity contribution in [3.63, 3.8) is 0 Å². The van der Waals surface area contributed by atoms with Crippen molar-refractivity contribution in [1.82, 2.24) is 10.4 Å². The maximum atomic E-state index is 11.9. The van der Waals surface area contributed by atoms with E-state index in [1.807, 2.05) is 5.01 Å². The highest BCUT2D eigenvalue weighted by molar-refractivity contribution is 5.95. The average molecular weight is 232 g/mol. The lowest BCUT2D eigenvalue weighted by Gasteiger charge is -2.26. The molecule has 90 valence electrons. The first-order chi connectivity index (χ1) is 8.29. The Hall–Kier alpha value is -1.68. The third kappa shape index (κ3) is 3.14. The van der Waals surface area contributed by atoms with Crippen molar-refractivity contribution in [3.8, 4) is 0 Å². The highest BCUT2D eigenvalue weighted by atomic mass is 16.2. The molecule has 1 aliphatic heterocycles. The number of nitrogens with zero attached hydrogens (tertiary/aromatic N) is 1. The molecule has 4 nitrogen and oxygen atoms in total. The maximum Gasteiger partial charge on any atom is 0.265 e. The molecule has 4 heteroatoms. The van der Waals surface area contributed by atoms with Gasteiger partial charge in [-0.2, -0.15) is 0 Å². The number of piperidine rings is 1. The Kier molecular flexibility index (Phi) is 3.88. The van der Waals surface area contributed by atoms with Crippen LogP contribution in [0.5, 0.6) is 0 Å². The smallest absolute Gasteiger partial charge is 0.265 e. The Morgan fingerprint density at radius 3 is 2.71 bits per heavy atom. The second-order valence-corrected chi connectivity index (χ2v) is 4.23. The minimum atomic E-state index is -0.143. The number of benzene rings is 1. The molecule has 0 spiro atoms. The van der Waals surface area contributed by atoms with E-state index in [1.165, 1.54) is 6.42 Å². The van der Waals surface area contributed by atoms with Gasteiger partial charge in [-0.05, 0) is 25.0 Å². The summed E-state index contributed by atoms with van der Waals surface area (Å²) in [5, 5.41) is 1.94. The molecule has 0 aliphatic carbocycles. The molecule has 2 rings (SSSR count). The number of carbonyl (C=O) groups is 2. The van der Waals surface area contributed by atoms with E-state index in [0.29, 0.717) is 11.1 Å². The lowest BCUT2D eigenvalue weighted by atomic mass is 10.1. The van der Waals surface area contributed by atoms with Crippen LogP contribution in [0.1, 0.15) is 40.0 Å². The van der Waals surface area contributed by atoms with Crippen LogP contribution < -0.4 is 5.43 Å². The molecule has 0 radical (unpaired) electrons. The first-order valence-electron chi connectivity index (χ1n) is 5.91. The number of hydrazine groups is 1. The molecule has 1 fully saturated rings. The summed E-state index contributed by atoms with van der Waals surface area (Å²) in [5.41, 5.74) is 3.92. The number of nitrogens with one attached hydrogen (secondary N) is 1. The molecule has 1 amide bonds. The minimum absolute atomic E-state index is 0.143. The first kappa shape index (κ1) is 11.8. The zero-order chi connectivity index (χ0) is 12.1. The van der Waals surface area contributed by atoms with Gasteiger partial charge in [-0.1, -0.05) is 18.6 Å². The summed E-state index contributed by atoms with van der Waals surface area (Å²) in [6.07, 6.45) is 4.22. The Bertz CT molecular complexity index is 412. The number of amides is 1. The largest absolute Gasteiger partial charge is 0.298 e. The lowest BCUT2D eigenvalue weighted by molar-refractivity contribution is 0.0750. The number of hydrogen-bond acceptors (Lipinski definition) is 3. The molecule has 1 saturated heterocycles. The second kappa shape index (κ2) is 5.59. The van der Waals surface area contributed by atoms with E-state index in [2.05, 4.69) is 5.43 Å². The first-order valence-corrected chi connectivity index (χ1v) is 5.91. The van der Waals surface area contributed by atoms with E-state index in [0.717, 1.165) is 32.2 Å². The van der Waals surface area contributed by atoms with Crippen molar-refractivity contribution in [3.05, 3.63) is 35.4 Å². The van der Waals surface area contributed by atoms with E-state index in [9.17, 15) is 9.59 Å². The molecule has 17 heavy (non-hydrogen) atoms. The Balaban J connectivity index is 2.00. The van der Waals surface area contributed by atoms with Gasteiger partial charge in [0.15, 0.2) is 0 Å². The summed E-state index contributed by atoms with van der Waals surface area (Å²) >= 11 is 0. The van der Waals surface area contributed by atoms with Gasteiger partial charge >= 0.3 is 0 Å². The SMILES string of the molecule is O=Cc1cccc(C(=O)NN2CCCCC2)c1. The molecule has 1 aliphatic rings. The van der Waals surface area contributed by atoms with E-state index < -0.39 is 0 Å². The van der Waals surface area contributed by atoms with E-state index >= 15 is 0 Å². The third-order valence-corrected chi connectivity index (χ3v) is 2.90. The molecule has 1 aromatic carbocycles. The van der Waals surface area contributed by atoms with Gasteiger partial charge < -0.3 is 0 Å². The zero-order valence-electron chi connectivity index (χ0n) is 9.69. The van der Waals surface area contributed by atoms with Crippen LogP contribution in [0.3, 0.4) is 0 Å². The second-order valence-electron chi connectivity index (χ2n) is 4.23. The molecular weight excluding hydrogens is 216 g/mol. The zero-order valence-corrected chi connectivity index (χ0v) is 9.69. The van der Waals surface area contributed by atoms with Crippen molar-refractivity contribution in [2.24, 2.45) is 0 Å². The Morgan fingerprint density at radius 1 is 1.24 bits per heavy atom. The molecule has 1 aromatic rings. The van der Waals surface area contributed by atoms with Crippen molar-refractivity contribution < 1.29 is 9.59 Å². The predicted molar refractivity (Wildman–Crippen MR) is 64.7 cm³/mol. The van der Waals surface area contributed by atoms with Crippen molar-refractivity contribution in [2.45, 2.75) is 19.3 Å². The quantitative estimate of drug-likeness (QED) is 0.806. The van der Waals surface area contributed by atoms with Gasteiger partial charge in [0.05, 0.1) is 0 Å². The fourth-order valence-electron chi connectivity index (χ4n) is 1.97. The summed E-state index contributed by atoms with van der Waals surface area (Å²) in [7, 11) is 0. The Morgan fingerprint density at radius 2 is 2.00 bits per heavy atom. The van der Waals surface area contributed by atoms with Crippen LogP contribution in [0.2, 0.25) is 0 Å². The highest BCUT2D eigenvalue weighted by Crippen LogP contribution is 2.08. The molecule has 1 heterocycles. The van der Waals surface area contributed by atoms with Gasteiger partial charge in [0.1, 0.15) is 6.29 Å². The molecule has 0 atom stereocenters. The van der Waals surface area contributed by atoms with E-state index in [4.69, 9.17) is 0 Å². The topological polar surface area (TPSA) is 49.4 Å². The summed E-state index contributed by atoms with van der Waals surface area (Å²) in [6, 6.07) is 6.72. The average Bonchev–Trinajstić information content (AvgIpc) is 2.40. The lowest BCUT2D eigenvalue weighted by Crippen LogP contribution is -2.45. The van der Waals surface area contributed by atoms with Crippen molar-refractivity contribution >= 4 is 12.2 Å². The number of hydrogen-bond donors (Lipinski definition) is 1. The normalized spacial score (nSPS) is 16.5. The molecular formula is C13H16N2O2. The fourth-order valence-corrected chi connectivity index (χ4v) is 1.97. The van der Waals surface area contributed by atoms with Crippen LogP contribution >= 0.6 is 0 Å². The summed E-state index contributed by atoms with van der Waals surface area (Å²) < 4.78 is 0. The van der Waals surface area contributed by atoms with Crippen LogP contribution in [0.4, 0.5) is 0 Å². The monoisotopic (exact) mass is 232 g/mol. The van der Waals surface area contributed by atoms with Crippen molar-refractivity contribution in [2.75, 3.05) is 13.1 Å². The minimum Gasteiger partial charge on any atom is -0.298 e. The van der Waals surface area contributed by atoms with Gasteiger partial charge in [0.2, 0.25) is 0 Å². The van der Waals surface area contributed by atoms with Crippen LogP contribution in [0, 0.1) is 0 Å². The van der Waals surface area contributed by atoms with E-state index in [1.54, 1.807) is 24.3 Å². The number of carbonyl (C=O) groups excluding carboxylic acids is 2.